The number of hydrogen-bond acceptors (Lipinski definition) is 6. The maximum absolute atomic E-state index is 6.07. The highest BCUT2D eigenvalue weighted by Gasteiger charge is 2.18. The summed E-state index contributed by atoms with van der Waals surface area (Å²) in [7, 11) is 0. The fourth-order valence-corrected chi connectivity index (χ4v) is 3.34. The van der Waals surface area contributed by atoms with E-state index in [0.717, 1.165) is 11.1 Å². The van der Waals surface area contributed by atoms with E-state index in [1.807, 2.05) is 24.5 Å². The topological polar surface area (TPSA) is 111 Å². The summed E-state index contributed by atoms with van der Waals surface area (Å²) in [6.45, 7) is 2.09. The Morgan fingerprint density at radius 3 is 2.81 bits per heavy atom. The van der Waals surface area contributed by atoms with Crippen LogP contribution in [0.3, 0.4) is 0 Å². The Bertz CT molecular complexity index is 1250. The van der Waals surface area contributed by atoms with Crippen molar-refractivity contribution in [3.63, 3.8) is 0 Å². The molecule has 0 radical (unpaired) electrons. The van der Waals surface area contributed by atoms with Gasteiger partial charge in [0.25, 0.3) is 0 Å². The molecule has 126 valence electrons. The summed E-state index contributed by atoms with van der Waals surface area (Å²) in [5.41, 5.74) is 10.5. The average molecular weight is 342 g/mol. The number of H-pyrrole nitrogens is 1. The zero-order valence-electron chi connectivity index (χ0n) is 13.9. The summed E-state index contributed by atoms with van der Waals surface area (Å²) in [5, 5.41) is 20.6. The number of tetrazole rings is 1. The Labute approximate surface area is 147 Å². The first-order valence-electron chi connectivity index (χ1n) is 8.09. The smallest absolute Gasteiger partial charge is 0.187 e. The van der Waals surface area contributed by atoms with Crippen LogP contribution >= 0.6 is 0 Å². The SMILES string of the molecule is Cc1ccc2ccccc2c1-c1cnc2c(-c3nnn[nH]3)c(N)nn2c1. The molecule has 26 heavy (non-hydrogen) atoms. The first-order chi connectivity index (χ1) is 12.7. The van der Waals surface area contributed by atoms with Gasteiger partial charge in [0.1, 0.15) is 5.56 Å². The molecule has 0 atom stereocenters. The number of anilines is 1. The highest BCUT2D eigenvalue weighted by atomic mass is 15.5. The second-order valence-electron chi connectivity index (χ2n) is 6.10. The van der Waals surface area contributed by atoms with Crippen LogP contribution in [0, 0.1) is 6.92 Å². The minimum Gasteiger partial charge on any atom is -0.382 e. The first-order valence-corrected chi connectivity index (χ1v) is 8.09. The monoisotopic (exact) mass is 342 g/mol. The van der Waals surface area contributed by atoms with Gasteiger partial charge in [-0.3, -0.25) is 0 Å². The van der Waals surface area contributed by atoms with Crippen LogP contribution in [0.5, 0.6) is 0 Å². The van der Waals surface area contributed by atoms with E-state index in [1.54, 1.807) is 4.52 Å². The lowest BCUT2D eigenvalue weighted by Crippen LogP contribution is -1.94. The molecule has 0 unspecified atom stereocenters. The number of aryl methyl sites for hydroxylation is 1. The van der Waals surface area contributed by atoms with Crippen LogP contribution in [0.2, 0.25) is 0 Å². The zero-order chi connectivity index (χ0) is 17.7. The molecular formula is C18H14N8. The Morgan fingerprint density at radius 1 is 1.08 bits per heavy atom. The molecule has 0 saturated carbocycles. The third-order valence-electron chi connectivity index (χ3n) is 4.51. The average Bonchev–Trinajstić information content (AvgIpc) is 3.27. The van der Waals surface area contributed by atoms with Crippen LogP contribution in [0.1, 0.15) is 5.56 Å². The fourth-order valence-electron chi connectivity index (χ4n) is 3.34. The third-order valence-corrected chi connectivity index (χ3v) is 4.51. The lowest BCUT2D eigenvalue weighted by molar-refractivity contribution is 0.881. The van der Waals surface area contributed by atoms with Gasteiger partial charge in [0.05, 0.1) is 0 Å². The molecule has 0 aliphatic heterocycles. The molecule has 2 aromatic carbocycles. The van der Waals surface area contributed by atoms with Gasteiger partial charge in [-0.25, -0.2) is 14.6 Å². The highest BCUT2D eigenvalue weighted by Crippen LogP contribution is 2.33. The normalized spacial score (nSPS) is 11.4. The molecule has 0 aliphatic carbocycles. The van der Waals surface area contributed by atoms with Crippen LogP contribution < -0.4 is 5.73 Å². The minimum absolute atomic E-state index is 0.322. The summed E-state index contributed by atoms with van der Waals surface area (Å²) in [6, 6.07) is 12.5. The number of hydrogen-bond donors (Lipinski definition) is 2. The molecule has 5 aromatic rings. The van der Waals surface area contributed by atoms with Crippen molar-refractivity contribution in [2.45, 2.75) is 6.92 Å². The van der Waals surface area contributed by atoms with E-state index < -0.39 is 0 Å². The number of benzene rings is 2. The van der Waals surface area contributed by atoms with Crippen LogP contribution in [-0.4, -0.2) is 35.2 Å². The van der Waals surface area contributed by atoms with E-state index in [2.05, 4.69) is 61.9 Å². The van der Waals surface area contributed by atoms with Gasteiger partial charge >= 0.3 is 0 Å². The van der Waals surface area contributed by atoms with E-state index in [1.165, 1.54) is 16.3 Å². The van der Waals surface area contributed by atoms with Crippen LogP contribution in [-0.2, 0) is 0 Å². The van der Waals surface area contributed by atoms with E-state index in [4.69, 9.17) is 5.73 Å². The van der Waals surface area contributed by atoms with Crippen molar-refractivity contribution in [2.75, 3.05) is 5.73 Å². The molecule has 8 heteroatoms. The van der Waals surface area contributed by atoms with E-state index >= 15 is 0 Å². The van der Waals surface area contributed by atoms with Gasteiger partial charge in [-0.05, 0) is 39.2 Å². The number of fused-ring (bicyclic) bond motifs is 2. The molecule has 0 aliphatic rings. The van der Waals surface area contributed by atoms with Crippen LogP contribution in [0.25, 0.3) is 38.9 Å². The van der Waals surface area contributed by atoms with E-state index in [-0.39, 0.29) is 0 Å². The van der Waals surface area contributed by atoms with Gasteiger partial charge in [-0.1, -0.05) is 36.4 Å². The summed E-state index contributed by atoms with van der Waals surface area (Å²) in [6.07, 6.45) is 3.76. The van der Waals surface area contributed by atoms with Crippen molar-refractivity contribution in [3.05, 3.63) is 54.4 Å². The maximum Gasteiger partial charge on any atom is 0.187 e. The molecule has 0 spiro atoms. The Hall–Kier alpha value is -3.81. The lowest BCUT2D eigenvalue weighted by atomic mass is 9.96. The number of rotatable bonds is 2. The molecule has 0 saturated heterocycles. The second kappa shape index (κ2) is 5.35. The lowest BCUT2D eigenvalue weighted by Gasteiger charge is -2.10. The molecule has 3 N–H and O–H groups in total. The summed E-state index contributed by atoms with van der Waals surface area (Å²) >= 11 is 0. The van der Waals surface area contributed by atoms with Crippen molar-refractivity contribution in [1.29, 1.82) is 0 Å². The van der Waals surface area contributed by atoms with Crippen molar-refractivity contribution < 1.29 is 0 Å². The summed E-state index contributed by atoms with van der Waals surface area (Å²) < 4.78 is 1.67. The Kier molecular flexibility index (Phi) is 2.99. The second-order valence-corrected chi connectivity index (χ2v) is 6.10. The van der Waals surface area contributed by atoms with Gasteiger partial charge in [-0.2, -0.15) is 0 Å². The van der Waals surface area contributed by atoms with Crippen molar-refractivity contribution >= 4 is 22.2 Å². The highest BCUT2D eigenvalue weighted by molar-refractivity contribution is 5.98. The zero-order valence-corrected chi connectivity index (χ0v) is 13.9. The summed E-state index contributed by atoms with van der Waals surface area (Å²) in [5.74, 6) is 0.766. The molecule has 8 nitrogen and oxygen atoms in total. The number of nitrogens with zero attached hydrogens (tertiary/aromatic N) is 6. The molecule has 3 aromatic heterocycles. The molecule has 0 fully saturated rings. The predicted octanol–water partition coefficient (Wildman–Crippen LogP) is 2.62. The number of nitrogens with one attached hydrogen (secondary N) is 1. The van der Waals surface area contributed by atoms with Crippen molar-refractivity contribution in [1.82, 2.24) is 35.2 Å². The number of nitrogens with two attached hydrogens (primary N) is 1. The largest absolute Gasteiger partial charge is 0.382 e. The van der Waals surface area contributed by atoms with Crippen molar-refractivity contribution in [3.8, 4) is 22.5 Å². The number of aromatic nitrogens is 7. The quantitative estimate of drug-likeness (QED) is 0.510. The first kappa shape index (κ1) is 14.5. The standard InChI is InChI=1S/C18H14N8/c1-10-6-7-11-4-2-3-5-13(11)14(10)12-8-20-18-15(17-21-24-25-22-17)16(19)23-26(18)9-12/h2-9H,1H3,(H2,19,23)(H,21,22,24,25). The van der Waals surface area contributed by atoms with Gasteiger partial charge in [0.15, 0.2) is 17.3 Å². The van der Waals surface area contributed by atoms with Gasteiger partial charge in [-0.15, -0.1) is 10.2 Å². The van der Waals surface area contributed by atoms with Crippen LogP contribution in [0.4, 0.5) is 5.82 Å². The van der Waals surface area contributed by atoms with E-state index in [9.17, 15) is 0 Å². The number of aromatic amines is 1. The summed E-state index contributed by atoms with van der Waals surface area (Å²) in [4.78, 5) is 4.59. The number of nitrogen functional groups attached to an aromatic ring is 1. The van der Waals surface area contributed by atoms with Crippen molar-refractivity contribution in [2.24, 2.45) is 0 Å². The van der Waals surface area contributed by atoms with Gasteiger partial charge in [0, 0.05) is 18.0 Å². The van der Waals surface area contributed by atoms with Crippen LogP contribution in [0.15, 0.2) is 48.8 Å². The minimum atomic E-state index is 0.322. The van der Waals surface area contributed by atoms with Gasteiger partial charge < -0.3 is 5.73 Å². The Morgan fingerprint density at radius 2 is 1.96 bits per heavy atom. The third kappa shape index (κ3) is 2.05. The Balaban J connectivity index is 1.77. The molecule has 5 rings (SSSR count). The molecule has 0 amide bonds. The molecular weight excluding hydrogens is 328 g/mol. The fraction of sp³-hybridized carbons (Fsp3) is 0.0556. The predicted molar refractivity (Wildman–Crippen MR) is 98.3 cm³/mol. The van der Waals surface area contributed by atoms with E-state index in [0.29, 0.717) is 22.9 Å². The maximum atomic E-state index is 6.07. The van der Waals surface area contributed by atoms with Gasteiger partial charge in [0.2, 0.25) is 0 Å². The molecule has 0 bridgehead atoms. The molecule has 3 heterocycles.